The second kappa shape index (κ2) is 13.2. The Balaban J connectivity index is 0.000000269. The molecule has 1 saturated carbocycles. The molecule has 3 rings (SSSR count). The average Bonchev–Trinajstić information content (AvgIpc) is 2.74. The maximum atomic E-state index is 13.4. The van der Waals surface area contributed by atoms with Gasteiger partial charge in [-0.1, -0.05) is 58.3 Å². The summed E-state index contributed by atoms with van der Waals surface area (Å²) in [6.07, 6.45) is 6.41. The van der Waals surface area contributed by atoms with Gasteiger partial charge >= 0.3 is 6.18 Å². The molecular weight excluding hydrogens is 483 g/mol. The third-order valence-corrected chi connectivity index (χ3v) is 6.32. The first-order chi connectivity index (χ1) is 16.5. The van der Waals surface area contributed by atoms with Gasteiger partial charge in [0.1, 0.15) is 34.6 Å². The molecule has 0 unspecified atom stereocenters. The predicted octanol–water partition coefficient (Wildman–Crippen LogP) is 9.80. The van der Waals surface area contributed by atoms with Crippen molar-refractivity contribution in [2.45, 2.75) is 70.9 Å². The summed E-state index contributed by atoms with van der Waals surface area (Å²) in [6, 6.07) is 0.744. The van der Waals surface area contributed by atoms with Crippen LogP contribution in [0.5, 0.6) is 0 Å². The van der Waals surface area contributed by atoms with Gasteiger partial charge in [0, 0.05) is 12.1 Å². The van der Waals surface area contributed by atoms with Gasteiger partial charge in [-0.05, 0) is 36.0 Å². The molecule has 9 heteroatoms. The molecule has 0 aromatic heterocycles. The van der Waals surface area contributed by atoms with Gasteiger partial charge in [0.15, 0.2) is 0 Å². The van der Waals surface area contributed by atoms with E-state index in [4.69, 9.17) is 0 Å². The van der Waals surface area contributed by atoms with Crippen molar-refractivity contribution in [3.8, 4) is 11.1 Å². The Morgan fingerprint density at radius 1 is 0.714 bits per heavy atom. The molecule has 1 aliphatic rings. The summed E-state index contributed by atoms with van der Waals surface area (Å²) in [5.41, 5.74) is -4.01. The van der Waals surface area contributed by atoms with Crippen LogP contribution in [0, 0.1) is 40.9 Å². The van der Waals surface area contributed by atoms with Crippen molar-refractivity contribution in [2.24, 2.45) is 11.8 Å². The van der Waals surface area contributed by atoms with Crippen LogP contribution in [0.2, 0.25) is 0 Å². The largest absolute Gasteiger partial charge is 0.422 e. The molecule has 196 valence electrons. The second-order valence-electron chi connectivity index (χ2n) is 8.92. The molecule has 0 amide bonds. The maximum Gasteiger partial charge on any atom is 0.422 e. The van der Waals surface area contributed by atoms with Crippen LogP contribution in [0.15, 0.2) is 24.3 Å². The van der Waals surface area contributed by atoms with E-state index >= 15 is 0 Å². The Kier molecular flexibility index (Phi) is 11.0. The monoisotopic (exact) mass is 512 g/mol. The van der Waals surface area contributed by atoms with E-state index < -0.39 is 52.0 Å². The molecule has 1 fully saturated rings. The fraction of sp³-hybridized carbons (Fsp3) is 0.538. The number of benzene rings is 2. The van der Waals surface area contributed by atoms with Gasteiger partial charge in [0.2, 0.25) is 0 Å². The van der Waals surface area contributed by atoms with Crippen LogP contribution in [0.1, 0.15) is 70.3 Å². The van der Waals surface area contributed by atoms with Gasteiger partial charge < -0.3 is 0 Å². The average molecular weight is 513 g/mol. The smallest absolute Gasteiger partial charge is 0.251 e. The molecule has 0 heterocycles. The molecule has 0 spiro atoms. The lowest BCUT2D eigenvalue weighted by Crippen LogP contribution is -2.15. The van der Waals surface area contributed by atoms with Crippen LogP contribution >= 0.6 is 0 Å². The van der Waals surface area contributed by atoms with Gasteiger partial charge in [-0.2, -0.15) is 13.2 Å². The van der Waals surface area contributed by atoms with Gasteiger partial charge in [0.25, 0.3) is 0 Å². The molecular formula is C26H29F9. The quantitative estimate of drug-likeness (QED) is 0.256. The molecule has 0 atom stereocenters. The van der Waals surface area contributed by atoms with Crippen LogP contribution in [-0.4, -0.2) is 6.67 Å². The normalized spacial score (nSPS) is 18.2. The number of hydrogen-bond acceptors (Lipinski definition) is 0. The highest BCUT2D eigenvalue weighted by atomic mass is 19.4. The van der Waals surface area contributed by atoms with Crippen LogP contribution in [0.25, 0.3) is 11.1 Å². The minimum absolute atomic E-state index is 0.106. The van der Waals surface area contributed by atoms with Crippen LogP contribution < -0.4 is 0 Å². The van der Waals surface area contributed by atoms with E-state index in [1.54, 1.807) is 0 Å². The highest BCUT2D eigenvalue weighted by Crippen LogP contribution is 2.37. The first kappa shape index (κ1) is 29.0. The molecule has 0 saturated heterocycles. The maximum absolute atomic E-state index is 13.4. The van der Waals surface area contributed by atoms with Crippen LogP contribution in [0.4, 0.5) is 39.5 Å². The van der Waals surface area contributed by atoms with Crippen molar-refractivity contribution in [3.05, 3.63) is 58.9 Å². The van der Waals surface area contributed by atoms with Gasteiger partial charge in [-0.3, -0.25) is 4.39 Å². The molecule has 0 N–H and O–H groups in total. The fourth-order valence-corrected chi connectivity index (χ4v) is 4.45. The zero-order chi connectivity index (χ0) is 26.2. The Labute approximate surface area is 199 Å². The molecule has 0 nitrogen and oxygen atoms in total. The fourth-order valence-electron chi connectivity index (χ4n) is 4.45. The summed E-state index contributed by atoms with van der Waals surface area (Å²) >= 11 is 0. The molecule has 0 radical (unpaired) electrons. The second-order valence-corrected chi connectivity index (χ2v) is 8.92. The lowest BCUT2D eigenvalue weighted by molar-refractivity contribution is -0.142. The summed E-state index contributed by atoms with van der Waals surface area (Å²) in [5, 5.41) is 0. The van der Waals surface area contributed by atoms with E-state index in [0.29, 0.717) is 5.92 Å². The highest BCUT2D eigenvalue weighted by Gasteiger charge is 2.38. The third kappa shape index (κ3) is 8.46. The van der Waals surface area contributed by atoms with Gasteiger partial charge in [-0.25, -0.2) is 22.0 Å². The van der Waals surface area contributed by atoms with Crippen molar-refractivity contribution in [2.75, 3.05) is 6.67 Å². The highest BCUT2D eigenvalue weighted by molar-refractivity contribution is 5.65. The van der Waals surface area contributed by atoms with E-state index in [9.17, 15) is 39.5 Å². The standard InChI is InChI=1S/C13H4F8.C13H25F/c14-6-3-7(15)11(8(16)4-6)5-1-9(17)12(10(18)2-5)13(19,20)21;1-2-3-4-5-12-6-8-13(9-7-12)10-11-14/h1-4H;12-13H,2-11H2,1H3. The van der Waals surface area contributed by atoms with E-state index in [0.717, 1.165) is 12.3 Å². The Hall–Kier alpha value is -2.19. The minimum Gasteiger partial charge on any atom is -0.251 e. The van der Waals surface area contributed by atoms with Gasteiger partial charge in [-0.15, -0.1) is 0 Å². The Morgan fingerprint density at radius 2 is 1.20 bits per heavy atom. The summed E-state index contributed by atoms with van der Waals surface area (Å²) in [7, 11) is 0. The van der Waals surface area contributed by atoms with Crippen LogP contribution in [0.3, 0.4) is 0 Å². The van der Waals surface area contributed by atoms with Crippen molar-refractivity contribution in [3.63, 3.8) is 0 Å². The Morgan fingerprint density at radius 3 is 1.63 bits per heavy atom. The lowest BCUT2D eigenvalue weighted by atomic mass is 9.79. The summed E-state index contributed by atoms with van der Waals surface area (Å²) < 4.78 is 116. The molecule has 0 aliphatic heterocycles. The number of alkyl halides is 4. The van der Waals surface area contributed by atoms with Crippen LogP contribution in [-0.2, 0) is 6.18 Å². The van der Waals surface area contributed by atoms with Crippen molar-refractivity contribution in [1.29, 1.82) is 0 Å². The van der Waals surface area contributed by atoms with E-state index in [1.165, 1.54) is 51.4 Å². The third-order valence-electron chi connectivity index (χ3n) is 6.32. The van der Waals surface area contributed by atoms with Gasteiger partial charge in [0.05, 0.1) is 12.2 Å². The van der Waals surface area contributed by atoms with Crippen molar-refractivity contribution >= 4 is 0 Å². The number of unbranched alkanes of at least 4 members (excludes halogenated alkanes) is 2. The molecule has 35 heavy (non-hydrogen) atoms. The number of hydrogen-bond donors (Lipinski definition) is 0. The zero-order valence-electron chi connectivity index (χ0n) is 19.4. The molecule has 2 aromatic rings. The molecule has 2 aromatic carbocycles. The zero-order valence-corrected chi connectivity index (χ0v) is 19.4. The van der Waals surface area contributed by atoms with Crippen molar-refractivity contribution in [1.82, 2.24) is 0 Å². The predicted molar refractivity (Wildman–Crippen MR) is 117 cm³/mol. The first-order valence-electron chi connectivity index (χ1n) is 11.7. The minimum atomic E-state index is -5.30. The number of rotatable bonds is 7. The Bertz CT molecular complexity index is 898. The van der Waals surface area contributed by atoms with E-state index in [-0.39, 0.29) is 30.9 Å². The first-order valence-corrected chi connectivity index (χ1v) is 11.7. The number of halogens is 9. The summed E-state index contributed by atoms with van der Waals surface area (Å²) in [4.78, 5) is 0. The molecule has 1 aliphatic carbocycles. The van der Waals surface area contributed by atoms with Crippen molar-refractivity contribution < 1.29 is 39.5 Å². The SMILES string of the molecule is CCCCCC1CCC(CCF)CC1.Fc1cc(F)c(-c2cc(F)c(C(F)(F)F)c(F)c2)c(F)c1. The topological polar surface area (TPSA) is 0 Å². The van der Waals surface area contributed by atoms with E-state index in [2.05, 4.69) is 6.92 Å². The van der Waals surface area contributed by atoms with E-state index in [1.807, 2.05) is 0 Å². The molecule has 0 bridgehead atoms. The lowest BCUT2D eigenvalue weighted by Gasteiger charge is -2.27. The summed E-state index contributed by atoms with van der Waals surface area (Å²) in [5.74, 6) is -6.64. The summed E-state index contributed by atoms with van der Waals surface area (Å²) in [6.45, 7) is 2.16.